The Morgan fingerprint density at radius 2 is 1.80 bits per heavy atom. The molecule has 2 fully saturated rings. The maximum absolute atomic E-state index is 12.3. The van der Waals surface area contributed by atoms with Crippen LogP contribution in [0.4, 0.5) is 0 Å². The summed E-state index contributed by atoms with van der Waals surface area (Å²) in [5, 5.41) is 0. The van der Waals surface area contributed by atoms with Crippen LogP contribution in [0.15, 0.2) is 24.3 Å². The van der Waals surface area contributed by atoms with Crippen molar-refractivity contribution in [3.63, 3.8) is 0 Å². The molecule has 0 aromatic heterocycles. The number of methoxy groups -OCH3 is 1. The molecule has 0 unspecified atom stereocenters. The summed E-state index contributed by atoms with van der Waals surface area (Å²) < 4.78 is 11.1. The summed E-state index contributed by atoms with van der Waals surface area (Å²) in [4.78, 5) is 27.6. The Labute approximate surface area is 148 Å². The lowest BCUT2D eigenvalue weighted by atomic mass is 10.1. The zero-order chi connectivity index (χ0) is 17.6. The largest absolute Gasteiger partial charge is 0.497 e. The first kappa shape index (κ1) is 17.6. The Bertz CT molecular complexity index is 594. The predicted octanol–water partition coefficient (Wildman–Crippen LogP) is 2.08. The van der Waals surface area contributed by atoms with E-state index in [0.717, 1.165) is 37.3 Å². The molecular formula is C19H26N2O4. The number of carbonyl (C=O) groups excluding carboxylic acids is 2. The van der Waals surface area contributed by atoms with Gasteiger partial charge in [0.15, 0.2) is 0 Å². The van der Waals surface area contributed by atoms with Crippen LogP contribution in [0, 0.1) is 0 Å². The minimum absolute atomic E-state index is 0.137. The summed E-state index contributed by atoms with van der Waals surface area (Å²) in [7, 11) is 1.64. The minimum Gasteiger partial charge on any atom is -0.497 e. The highest BCUT2D eigenvalue weighted by Crippen LogP contribution is 2.22. The van der Waals surface area contributed by atoms with E-state index >= 15 is 0 Å². The van der Waals surface area contributed by atoms with E-state index in [1.807, 2.05) is 29.2 Å². The Kier molecular flexibility index (Phi) is 5.79. The summed E-state index contributed by atoms with van der Waals surface area (Å²) in [5.74, 6) is 1.96. The van der Waals surface area contributed by atoms with Crippen LogP contribution in [0.2, 0.25) is 0 Å². The Hall–Kier alpha value is -2.24. The van der Waals surface area contributed by atoms with Crippen molar-refractivity contribution in [2.24, 2.45) is 0 Å². The molecule has 3 rings (SSSR count). The van der Waals surface area contributed by atoms with Gasteiger partial charge in [-0.15, -0.1) is 0 Å². The van der Waals surface area contributed by atoms with Crippen LogP contribution in [0.1, 0.15) is 32.1 Å². The van der Waals surface area contributed by atoms with Crippen LogP contribution in [-0.4, -0.2) is 61.0 Å². The number of benzene rings is 1. The molecule has 0 N–H and O–H groups in total. The quantitative estimate of drug-likeness (QED) is 0.791. The van der Waals surface area contributed by atoms with Gasteiger partial charge in [-0.05, 0) is 30.7 Å². The zero-order valence-corrected chi connectivity index (χ0v) is 14.8. The van der Waals surface area contributed by atoms with Gasteiger partial charge < -0.3 is 19.3 Å². The zero-order valence-electron chi connectivity index (χ0n) is 14.8. The van der Waals surface area contributed by atoms with Crippen LogP contribution in [0.5, 0.6) is 11.5 Å². The molecular weight excluding hydrogens is 320 g/mol. The van der Waals surface area contributed by atoms with Crippen LogP contribution < -0.4 is 9.47 Å². The molecule has 0 bridgehead atoms. The summed E-state index contributed by atoms with van der Waals surface area (Å²) in [6.07, 6.45) is 3.78. The van der Waals surface area contributed by atoms with Crippen molar-refractivity contribution in [2.75, 3.05) is 33.3 Å². The van der Waals surface area contributed by atoms with E-state index in [-0.39, 0.29) is 17.9 Å². The van der Waals surface area contributed by atoms with Crippen molar-refractivity contribution in [1.29, 1.82) is 0 Å². The molecule has 2 aliphatic heterocycles. The normalized spacial score (nSPS) is 18.5. The summed E-state index contributed by atoms with van der Waals surface area (Å²) in [6.45, 7) is 2.78. The number of amides is 2. The van der Waals surface area contributed by atoms with Crippen molar-refractivity contribution in [2.45, 2.75) is 38.2 Å². The topological polar surface area (TPSA) is 59.1 Å². The van der Waals surface area contributed by atoms with Crippen LogP contribution in [0.25, 0.3) is 0 Å². The first-order valence-electron chi connectivity index (χ1n) is 9.02. The van der Waals surface area contributed by atoms with Crippen LogP contribution in [-0.2, 0) is 9.59 Å². The summed E-state index contributed by atoms with van der Waals surface area (Å²) >= 11 is 0. The molecule has 1 aromatic rings. The second-order valence-corrected chi connectivity index (χ2v) is 6.61. The SMILES string of the molecule is COc1ccc(OC2CCN(C(=O)CCN3CCCC3=O)CC2)cc1. The van der Waals surface area contributed by atoms with Gasteiger partial charge in [0.25, 0.3) is 0 Å². The molecule has 2 saturated heterocycles. The lowest BCUT2D eigenvalue weighted by molar-refractivity contribution is -0.134. The Balaban J connectivity index is 1.40. The third-order valence-electron chi connectivity index (χ3n) is 4.92. The maximum Gasteiger partial charge on any atom is 0.224 e. The molecule has 2 amide bonds. The number of likely N-dealkylation sites (tertiary alicyclic amines) is 2. The third-order valence-corrected chi connectivity index (χ3v) is 4.92. The number of piperidine rings is 1. The number of hydrogen-bond acceptors (Lipinski definition) is 4. The highest BCUT2D eigenvalue weighted by atomic mass is 16.5. The third kappa shape index (κ3) is 4.65. The molecule has 2 heterocycles. The van der Waals surface area contributed by atoms with E-state index in [0.29, 0.717) is 32.5 Å². The predicted molar refractivity (Wildman–Crippen MR) is 93.7 cm³/mol. The lowest BCUT2D eigenvalue weighted by Crippen LogP contribution is -2.42. The molecule has 25 heavy (non-hydrogen) atoms. The molecule has 136 valence electrons. The lowest BCUT2D eigenvalue weighted by Gasteiger charge is -2.32. The fourth-order valence-electron chi connectivity index (χ4n) is 3.40. The Morgan fingerprint density at radius 3 is 2.40 bits per heavy atom. The van der Waals surface area contributed by atoms with Gasteiger partial charge in [-0.25, -0.2) is 0 Å². The maximum atomic E-state index is 12.3. The highest BCUT2D eigenvalue weighted by molar-refractivity contribution is 5.80. The average molecular weight is 346 g/mol. The van der Waals surface area contributed by atoms with E-state index in [9.17, 15) is 9.59 Å². The first-order chi connectivity index (χ1) is 12.2. The van der Waals surface area contributed by atoms with Gasteiger partial charge in [-0.1, -0.05) is 0 Å². The fourth-order valence-corrected chi connectivity index (χ4v) is 3.40. The number of rotatable bonds is 6. The van der Waals surface area contributed by atoms with E-state index < -0.39 is 0 Å². The smallest absolute Gasteiger partial charge is 0.224 e. The van der Waals surface area contributed by atoms with Gasteiger partial charge in [-0.3, -0.25) is 9.59 Å². The highest BCUT2D eigenvalue weighted by Gasteiger charge is 2.25. The number of nitrogens with zero attached hydrogens (tertiary/aromatic N) is 2. The molecule has 0 radical (unpaired) electrons. The van der Waals surface area contributed by atoms with Crippen molar-refractivity contribution in [1.82, 2.24) is 9.80 Å². The molecule has 0 aliphatic carbocycles. The molecule has 6 nitrogen and oxygen atoms in total. The molecule has 1 aromatic carbocycles. The number of ether oxygens (including phenoxy) is 2. The van der Waals surface area contributed by atoms with Gasteiger partial charge in [0.2, 0.25) is 11.8 Å². The summed E-state index contributed by atoms with van der Waals surface area (Å²) in [6, 6.07) is 7.58. The first-order valence-corrected chi connectivity index (χ1v) is 9.02. The second kappa shape index (κ2) is 8.23. The van der Waals surface area contributed by atoms with Gasteiger partial charge in [0.05, 0.1) is 7.11 Å². The molecule has 0 atom stereocenters. The van der Waals surface area contributed by atoms with Gasteiger partial charge >= 0.3 is 0 Å². The van der Waals surface area contributed by atoms with Crippen molar-refractivity contribution in [3.05, 3.63) is 24.3 Å². The fraction of sp³-hybridized carbons (Fsp3) is 0.579. The average Bonchev–Trinajstić information content (AvgIpc) is 3.06. The van der Waals surface area contributed by atoms with Gasteiger partial charge in [-0.2, -0.15) is 0 Å². The molecule has 0 saturated carbocycles. The minimum atomic E-state index is 0.137. The van der Waals surface area contributed by atoms with E-state index in [1.54, 1.807) is 12.0 Å². The molecule has 0 spiro atoms. The number of carbonyl (C=O) groups is 2. The van der Waals surface area contributed by atoms with E-state index in [1.165, 1.54) is 0 Å². The molecule has 6 heteroatoms. The Morgan fingerprint density at radius 1 is 1.12 bits per heavy atom. The van der Waals surface area contributed by atoms with Gasteiger partial charge in [0.1, 0.15) is 17.6 Å². The van der Waals surface area contributed by atoms with Crippen molar-refractivity contribution in [3.8, 4) is 11.5 Å². The van der Waals surface area contributed by atoms with E-state index in [4.69, 9.17) is 9.47 Å². The van der Waals surface area contributed by atoms with Crippen molar-refractivity contribution < 1.29 is 19.1 Å². The van der Waals surface area contributed by atoms with E-state index in [2.05, 4.69) is 0 Å². The standard InChI is InChI=1S/C19H26N2O4/c1-24-15-4-6-16(7-5-15)25-17-8-12-21(13-9-17)19(23)10-14-20-11-2-3-18(20)22/h4-7,17H,2-3,8-14H2,1H3. The number of hydrogen-bond donors (Lipinski definition) is 0. The van der Waals surface area contributed by atoms with Crippen LogP contribution >= 0.6 is 0 Å². The molecule has 2 aliphatic rings. The monoisotopic (exact) mass is 346 g/mol. The summed E-state index contributed by atoms with van der Waals surface area (Å²) in [5.41, 5.74) is 0. The second-order valence-electron chi connectivity index (χ2n) is 6.61. The van der Waals surface area contributed by atoms with Gasteiger partial charge in [0, 0.05) is 51.9 Å². The van der Waals surface area contributed by atoms with Crippen LogP contribution in [0.3, 0.4) is 0 Å². The van der Waals surface area contributed by atoms with Crippen molar-refractivity contribution >= 4 is 11.8 Å².